The summed E-state index contributed by atoms with van der Waals surface area (Å²) in [4.78, 5) is 6.71. The smallest absolute Gasteiger partial charge is 0.191 e. The first-order valence-corrected chi connectivity index (χ1v) is 8.71. The average molecular weight is 335 g/mol. The summed E-state index contributed by atoms with van der Waals surface area (Å²) in [5.74, 6) is 0.852. The van der Waals surface area contributed by atoms with E-state index < -0.39 is 0 Å². The van der Waals surface area contributed by atoms with Crippen LogP contribution in [0.3, 0.4) is 0 Å². The van der Waals surface area contributed by atoms with Crippen LogP contribution in [0.5, 0.6) is 0 Å². The minimum absolute atomic E-state index is 0.240. The van der Waals surface area contributed by atoms with Crippen LogP contribution in [0.15, 0.2) is 29.3 Å². The van der Waals surface area contributed by atoms with Gasteiger partial charge in [0, 0.05) is 40.0 Å². The maximum Gasteiger partial charge on any atom is 0.191 e. The number of hydrogen-bond donors (Lipinski definition) is 2. The van der Waals surface area contributed by atoms with Gasteiger partial charge >= 0.3 is 0 Å². The van der Waals surface area contributed by atoms with Gasteiger partial charge in [0.1, 0.15) is 0 Å². The Labute approximate surface area is 147 Å². The molecule has 0 fully saturated rings. The number of hydrogen-bond acceptors (Lipinski definition) is 3. The first-order valence-electron chi connectivity index (χ1n) is 8.71. The topological polar surface area (TPSA) is 48.9 Å². The van der Waals surface area contributed by atoms with Crippen LogP contribution in [0.2, 0.25) is 0 Å². The van der Waals surface area contributed by atoms with Crippen molar-refractivity contribution in [3.8, 4) is 0 Å². The molecule has 0 heterocycles. The first-order chi connectivity index (χ1) is 11.4. The van der Waals surface area contributed by atoms with E-state index in [9.17, 15) is 0 Å². The second-order valence-corrected chi connectivity index (χ2v) is 6.75. The van der Waals surface area contributed by atoms with E-state index in [0.717, 1.165) is 31.9 Å². The number of rotatable bonds is 9. The summed E-state index contributed by atoms with van der Waals surface area (Å²) < 4.78 is 5.41. The zero-order valence-corrected chi connectivity index (χ0v) is 16.1. The number of aryl methyl sites for hydroxylation is 1. The molecule has 0 spiro atoms. The standard InChI is InChI=1S/C19H34N4O/c1-7-20-18(22-15-19(2,3)24-6)21-14-8-9-16-10-12-17(13-11-16)23(4)5/h10-13H,7-9,14-15H2,1-6H3,(H2,20,21,22). The van der Waals surface area contributed by atoms with Crippen molar-refractivity contribution in [1.82, 2.24) is 10.6 Å². The third-order valence-corrected chi connectivity index (χ3v) is 3.90. The van der Waals surface area contributed by atoms with Gasteiger partial charge in [-0.3, -0.25) is 4.99 Å². The molecule has 1 aromatic rings. The molecule has 0 saturated heterocycles. The predicted octanol–water partition coefficient (Wildman–Crippen LogP) is 2.67. The predicted molar refractivity (Wildman–Crippen MR) is 104 cm³/mol. The molecule has 0 radical (unpaired) electrons. The number of guanidine groups is 1. The molecule has 0 aliphatic carbocycles. The maximum absolute atomic E-state index is 5.41. The molecule has 0 saturated carbocycles. The zero-order valence-electron chi connectivity index (χ0n) is 16.1. The zero-order chi connectivity index (χ0) is 18.0. The van der Waals surface area contributed by atoms with Gasteiger partial charge in [-0.2, -0.15) is 0 Å². The van der Waals surface area contributed by atoms with Crippen LogP contribution in [0, 0.1) is 0 Å². The number of methoxy groups -OCH3 is 1. The molecule has 5 nitrogen and oxygen atoms in total. The molecule has 0 aromatic heterocycles. The molecule has 0 atom stereocenters. The van der Waals surface area contributed by atoms with Crippen LogP contribution in [0.25, 0.3) is 0 Å². The molecule has 0 amide bonds. The molecule has 1 aromatic carbocycles. The SMILES string of the molecule is CCNC(=NCC(C)(C)OC)NCCCc1ccc(N(C)C)cc1. The number of nitrogens with zero attached hydrogens (tertiary/aromatic N) is 2. The Kier molecular flexibility index (Phi) is 8.61. The van der Waals surface area contributed by atoms with E-state index in [4.69, 9.17) is 4.74 Å². The molecule has 0 aliphatic heterocycles. The first kappa shape index (κ1) is 20.3. The van der Waals surface area contributed by atoms with Gasteiger partial charge in [0.15, 0.2) is 5.96 Å². The van der Waals surface area contributed by atoms with Crippen molar-refractivity contribution in [3.05, 3.63) is 29.8 Å². The number of aliphatic imine (C=N–C) groups is 1. The van der Waals surface area contributed by atoms with Crippen LogP contribution in [0.1, 0.15) is 32.8 Å². The third-order valence-electron chi connectivity index (χ3n) is 3.90. The molecule has 1 rings (SSSR count). The highest BCUT2D eigenvalue weighted by molar-refractivity contribution is 5.79. The van der Waals surface area contributed by atoms with Gasteiger partial charge in [0.05, 0.1) is 12.1 Å². The van der Waals surface area contributed by atoms with Gasteiger partial charge in [0.2, 0.25) is 0 Å². The van der Waals surface area contributed by atoms with Crippen molar-refractivity contribution in [3.63, 3.8) is 0 Å². The number of benzene rings is 1. The Morgan fingerprint density at radius 1 is 1.17 bits per heavy atom. The Bertz CT molecular complexity index is 495. The Morgan fingerprint density at radius 3 is 2.38 bits per heavy atom. The van der Waals surface area contributed by atoms with Crippen molar-refractivity contribution in [2.45, 2.75) is 39.2 Å². The summed E-state index contributed by atoms with van der Waals surface area (Å²) in [5, 5.41) is 6.67. The summed E-state index contributed by atoms with van der Waals surface area (Å²) in [7, 11) is 5.84. The highest BCUT2D eigenvalue weighted by atomic mass is 16.5. The van der Waals surface area contributed by atoms with E-state index >= 15 is 0 Å². The second-order valence-electron chi connectivity index (χ2n) is 6.75. The summed E-state index contributed by atoms with van der Waals surface area (Å²) in [5.41, 5.74) is 2.36. The van der Waals surface area contributed by atoms with Crippen LogP contribution in [-0.4, -0.2) is 52.4 Å². The number of anilines is 1. The normalized spacial score (nSPS) is 12.2. The minimum Gasteiger partial charge on any atom is -0.378 e. The lowest BCUT2D eigenvalue weighted by Crippen LogP contribution is -2.39. The molecule has 0 bridgehead atoms. The lowest BCUT2D eigenvalue weighted by Gasteiger charge is -2.21. The van der Waals surface area contributed by atoms with Crippen molar-refractivity contribution < 1.29 is 4.74 Å². The molecule has 136 valence electrons. The molecule has 5 heteroatoms. The average Bonchev–Trinajstić information content (AvgIpc) is 2.57. The fraction of sp³-hybridized carbons (Fsp3) is 0.632. The van der Waals surface area contributed by atoms with E-state index in [2.05, 4.69) is 65.8 Å². The lowest BCUT2D eigenvalue weighted by molar-refractivity contribution is 0.0310. The highest BCUT2D eigenvalue weighted by Gasteiger charge is 2.15. The van der Waals surface area contributed by atoms with E-state index in [1.807, 2.05) is 13.8 Å². The van der Waals surface area contributed by atoms with Crippen molar-refractivity contribution in [2.24, 2.45) is 4.99 Å². The van der Waals surface area contributed by atoms with Gasteiger partial charge in [-0.1, -0.05) is 12.1 Å². The van der Waals surface area contributed by atoms with Crippen molar-refractivity contribution >= 4 is 11.6 Å². The van der Waals surface area contributed by atoms with Gasteiger partial charge in [-0.15, -0.1) is 0 Å². The molecular formula is C19H34N4O. The molecule has 2 N–H and O–H groups in total. The molecule has 24 heavy (non-hydrogen) atoms. The number of ether oxygens (including phenoxy) is 1. The van der Waals surface area contributed by atoms with E-state index in [1.165, 1.54) is 11.3 Å². The molecule has 0 unspecified atom stereocenters. The Hall–Kier alpha value is -1.75. The Morgan fingerprint density at radius 2 is 1.83 bits per heavy atom. The van der Waals surface area contributed by atoms with E-state index in [1.54, 1.807) is 7.11 Å². The van der Waals surface area contributed by atoms with Gasteiger partial charge in [0.25, 0.3) is 0 Å². The third kappa shape index (κ3) is 7.68. The summed E-state index contributed by atoms with van der Waals surface area (Å²) in [6.07, 6.45) is 2.13. The van der Waals surface area contributed by atoms with Crippen LogP contribution in [0.4, 0.5) is 5.69 Å². The number of nitrogens with one attached hydrogen (secondary N) is 2. The quantitative estimate of drug-likeness (QED) is 0.414. The summed E-state index contributed by atoms with van der Waals surface area (Å²) in [6, 6.07) is 8.74. The van der Waals surface area contributed by atoms with Gasteiger partial charge in [-0.05, 0) is 51.3 Å². The highest BCUT2D eigenvalue weighted by Crippen LogP contribution is 2.13. The van der Waals surface area contributed by atoms with Crippen LogP contribution in [-0.2, 0) is 11.2 Å². The Balaban J connectivity index is 2.41. The summed E-state index contributed by atoms with van der Waals surface area (Å²) in [6.45, 7) is 8.53. The van der Waals surface area contributed by atoms with Crippen LogP contribution >= 0.6 is 0 Å². The monoisotopic (exact) mass is 334 g/mol. The largest absolute Gasteiger partial charge is 0.378 e. The lowest BCUT2D eigenvalue weighted by atomic mass is 10.1. The van der Waals surface area contributed by atoms with Gasteiger partial charge < -0.3 is 20.3 Å². The van der Waals surface area contributed by atoms with Gasteiger partial charge in [-0.25, -0.2) is 0 Å². The fourth-order valence-corrected chi connectivity index (χ4v) is 2.14. The van der Waals surface area contributed by atoms with Crippen LogP contribution < -0.4 is 15.5 Å². The molecule has 0 aliphatic rings. The minimum atomic E-state index is -0.240. The maximum atomic E-state index is 5.41. The molecular weight excluding hydrogens is 300 g/mol. The van der Waals surface area contributed by atoms with Crippen molar-refractivity contribution in [1.29, 1.82) is 0 Å². The van der Waals surface area contributed by atoms with Crippen molar-refractivity contribution in [2.75, 3.05) is 45.7 Å². The fourth-order valence-electron chi connectivity index (χ4n) is 2.14. The van der Waals surface area contributed by atoms with E-state index in [0.29, 0.717) is 6.54 Å². The van der Waals surface area contributed by atoms with E-state index in [-0.39, 0.29) is 5.60 Å². The summed E-state index contributed by atoms with van der Waals surface area (Å²) >= 11 is 0. The second kappa shape index (κ2) is 10.2.